The van der Waals surface area contributed by atoms with Gasteiger partial charge in [-0.15, -0.1) is 0 Å². The van der Waals surface area contributed by atoms with Crippen molar-refractivity contribution >= 4 is 22.5 Å². The van der Waals surface area contributed by atoms with Crippen molar-refractivity contribution in [2.24, 2.45) is 0 Å². The standard InChI is InChI=1S/C16H19ClN2/c1-3-4-5-15-16-12(8-9-19(15)2)13-10-11(17)6-7-14(13)18-16/h3-4,6-7,10,15,18H,5,8-9H2,1-2H3/b4-3-. The van der Waals surface area contributed by atoms with Crippen LogP contribution in [-0.2, 0) is 6.42 Å². The number of benzene rings is 1. The fourth-order valence-corrected chi connectivity index (χ4v) is 3.19. The first-order chi connectivity index (χ1) is 9.20. The van der Waals surface area contributed by atoms with Gasteiger partial charge in [0.1, 0.15) is 0 Å². The fourth-order valence-electron chi connectivity index (χ4n) is 3.02. The SMILES string of the molecule is C/C=C\CC1c2[nH]c3ccc(Cl)cc3c2CCN1C. The zero-order chi connectivity index (χ0) is 13.4. The van der Waals surface area contributed by atoms with Gasteiger partial charge in [0.05, 0.1) is 6.04 Å². The van der Waals surface area contributed by atoms with Gasteiger partial charge in [0, 0.05) is 28.2 Å². The van der Waals surface area contributed by atoms with Gasteiger partial charge in [0.2, 0.25) is 0 Å². The Labute approximate surface area is 119 Å². The molecule has 0 bridgehead atoms. The Kier molecular flexibility index (Phi) is 3.38. The van der Waals surface area contributed by atoms with Crippen molar-refractivity contribution < 1.29 is 0 Å². The van der Waals surface area contributed by atoms with Gasteiger partial charge in [-0.1, -0.05) is 23.8 Å². The van der Waals surface area contributed by atoms with Gasteiger partial charge in [-0.3, -0.25) is 4.90 Å². The number of fused-ring (bicyclic) bond motifs is 3. The summed E-state index contributed by atoms with van der Waals surface area (Å²) in [6, 6.07) is 6.58. The molecule has 1 aromatic heterocycles. The molecule has 100 valence electrons. The molecule has 0 saturated carbocycles. The van der Waals surface area contributed by atoms with Crippen LogP contribution in [0.5, 0.6) is 0 Å². The topological polar surface area (TPSA) is 19.0 Å². The monoisotopic (exact) mass is 274 g/mol. The van der Waals surface area contributed by atoms with Crippen LogP contribution in [0.3, 0.4) is 0 Å². The highest BCUT2D eigenvalue weighted by molar-refractivity contribution is 6.31. The quantitative estimate of drug-likeness (QED) is 0.808. The minimum atomic E-state index is 0.450. The second kappa shape index (κ2) is 5.03. The van der Waals surface area contributed by atoms with Crippen LogP contribution in [0, 0.1) is 0 Å². The molecule has 0 amide bonds. The molecule has 1 aliphatic rings. The minimum absolute atomic E-state index is 0.450. The maximum atomic E-state index is 6.13. The van der Waals surface area contributed by atoms with E-state index in [4.69, 9.17) is 11.6 Å². The number of aromatic amines is 1. The Morgan fingerprint density at radius 1 is 1.47 bits per heavy atom. The van der Waals surface area contributed by atoms with Crippen LogP contribution in [0.2, 0.25) is 5.02 Å². The molecule has 2 nitrogen and oxygen atoms in total. The van der Waals surface area contributed by atoms with Crippen LogP contribution >= 0.6 is 11.6 Å². The lowest BCUT2D eigenvalue weighted by Gasteiger charge is -2.32. The number of allylic oxidation sites excluding steroid dienone is 1. The van der Waals surface area contributed by atoms with E-state index < -0.39 is 0 Å². The van der Waals surface area contributed by atoms with E-state index in [1.165, 1.54) is 22.2 Å². The molecule has 1 aliphatic heterocycles. The van der Waals surface area contributed by atoms with Gasteiger partial charge in [-0.25, -0.2) is 0 Å². The maximum Gasteiger partial charge on any atom is 0.0533 e. The normalized spacial score (nSPS) is 20.3. The van der Waals surface area contributed by atoms with E-state index in [0.29, 0.717) is 6.04 Å². The number of rotatable bonds is 2. The summed E-state index contributed by atoms with van der Waals surface area (Å²) in [4.78, 5) is 6.03. The van der Waals surface area contributed by atoms with Crippen LogP contribution in [0.25, 0.3) is 10.9 Å². The lowest BCUT2D eigenvalue weighted by molar-refractivity contribution is 0.229. The number of H-pyrrole nitrogens is 1. The van der Waals surface area contributed by atoms with Crippen LogP contribution in [0.4, 0.5) is 0 Å². The van der Waals surface area contributed by atoms with Crippen molar-refractivity contribution in [3.63, 3.8) is 0 Å². The van der Waals surface area contributed by atoms with Crippen LogP contribution < -0.4 is 0 Å². The van der Waals surface area contributed by atoms with E-state index in [2.05, 4.69) is 48.1 Å². The fraction of sp³-hybridized carbons (Fsp3) is 0.375. The highest BCUT2D eigenvalue weighted by Crippen LogP contribution is 2.36. The predicted octanol–water partition coefficient (Wildman–Crippen LogP) is 4.32. The largest absolute Gasteiger partial charge is 0.357 e. The van der Waals surface area contributed by atoms with Gasteiger partial charge in [0.25, 0.3) is 0 Å². The van der Waals surface area contributed by atoms with Gasteiger partial charge >= 0.3 is 0 Å². The average Bonchev–Trinajstić information content (AvgIpc) is 2.75. The van der Waals surface area contributed by atoms with Gasteiger partial charge in [-0.2, -0.15) is 0 Å². The molecule has 3 rings (SSSR count). The number of nitrogens with zero attached hydrogens (tertiary/aromatic N) is 1. The molecule has 1 aromatic carbocycles. The molecule has 1 unspecified atom stereocenters. The molecule has 3 heteroatoms. The second-order valence-corrected chi connectivity index (χ2v) is 5.69. The first-order valence-corrected chi connectivity index (χ1v) is 7.20. The molecule has 2 aromatic rings. The third kappa shape index (κ3) is 2.19. The Morgan fingerprint density at radius 2 is 2.32 bits per heavy atom. The molecule has 0 spiro atoms. The Morgan fingerprint density at radius 3 is 3.11 bits per heavy atom. The van der Waals surface area contributed by atoms with Crippen molar-refractivity contribution in [1.29, 1.82) is 0 Å². The third-order valence-corrected chi connectivity index (χ3v) is 4.31. The summed E-state index contributed by atoms with van der Waals surface area (Å²) in [6.07, 6.45) is 6.52. The van der Waals surface area contributed by atoms with Crippen molar-refractivity contribution in [2.45, 2.75) is 25.8 Å². The first-order valence-electron chi connectivity index (χ1n) is 6.82. The van der Waals surface area contributed by atoms with E-state index >= 15 is 0 Å². The van der Waals surface area contributed by atoms with E-state index in [1.54, 1.807) is 0 Å². The summed E-state index contributed by atoms with van der Waals surface area (Å²) < 4.78 is 0. The van der Waals surface area contributed by atoms with E-state index in [0.717, 1.165) is 24.4 Å². The zero-order valence-corrected chi connectivity index (χ0v) is 12.2. The number of aromatic nitrogens is 1. The summed E-state index contributed by atoms with van der Waals surface area (Å²) in [5.41, 5.74) is 4.02. The van der Waals surface area contributed by atoms with Gasteiger partial charge in [-0.05, 0) is 50.6 Å². The van der Waals surface area contributed by atoms with Crippen molar-refractivity contribution in [1.82, 2.24) is 9.88 Å². The minimum Gasteiger partial charge on any atom is -0.357 e. The zero-order valence-electron chi connectivity index (χ0n) is 11.4. The molecule has 0 fully saturated rings. The highest BCUT2D eigenvalue weighted by atomic mass is 35.5. The first kappa shape index (κ1) is 12.8. The average molecular weight is 275 g/mol. The third-order valence-electron chi connectivity index (χ3n) is 4.08. The van der Waals surface area contributed by atoms with Crippen molar-refractivity contribution in [2.75, 3.05) is 13.6 Å². The molecular formula is C16H19ClN2. The Bertz CT molecular complexity index is 627. The Hall–Kier alpha value is -1.25. The van der Waals surface area contributed by atoms with E-state index in [-0.39, 0.29) is 0 Å². The van der Waals surface area contributed by atoms with Crippen molar-refractivity contribution in [3.8, 4) is 0 Å². The molecule has 0 aliphatic carbocycles. The van der Waals surface area contributed by atoms with Gasteiger partial charge in [0.15, 0.2) is 0 Å². The summed E-state index contributed by atoms with van der Waals surface area (Å²) >= 11 is 6.13. The van der Waals surface area contributed by atoms with E-state index in [1.807, 2.05) is 6.07 Å². The lowest BCUT2D eigenvalue weighted by atomic mass is 9.96. The summed E-state index contributed by atoms with van der Waals surface area (Å²) in [7, 11) is 2.20. The lowest BCUT2D eigenvalue weighted by Crippen LogP contribution is -2.31. The van der Waals surface area contributed by atoms with Crippen molar-refractivity contribution in [3.05, 3.63) is 46.6 Å². The highest BCUT2D eigenvalue weighted by Gasteiger charge is 2.27. The maximum absolute atomic E-state index is 6.13. The molecular weight excluding hydrogens is 256 g/mol. The molecule has 19 heavy (non-hydrogen) atoms. The summed E-state index contributed by atoms with van der Waals surface area (Å²) in [6.45, 7) is 3.18. The molecule has 1 N–H and O–H groups in total. The molecule has 1 atom stereocenters. The van der Waals surface area contributed by atoms with Crippen LogP contribution in [0.1, 0.15) is 30.6 Å². The number of hydrogen-bond acceptors (Lipinski definition) is 1. The van der Waals surface area contributed by atoms with Gasteiger partial charge < -0.3 is 4.98 Å². The summed E-state index contributed by atoms with van der Waals surface area (Å²) in [5.74, 6) is 0. The van der Waals surface area contributed by atoms with Crippen LogP contribution in [0.15, 0.2) is 30.4 Å². The molecule has 0 saturated heterocycles. The molecule has 0 radical (unpaired) electrons. The van der Waals surface area contributed by atoms with E-state index in [9.17, 15) is 0 Å². The number of nitrogens with one attached hydrogen (secondary N) is 1. The van der Waals surface area contributed by atoms with Crippen LogP contribution in [-0.4, -0.2) is 23.5 Å². The molecule has 2 heterocycles. The smallest absolute Gasteiger partial charge is 0.0533 e. The Balaban J connectivity index is 2.12. The number of likely N-dealkylation sites (N-methyl/N-ethyl adjacent to an activating group) is 1. The predicted molar refractivity (Wildman–Crippen MR) is 81.8 cm³/mol. The number of halogens is 1. The second-order valence-electron chi connectivity index (χ2n) is 5.26. The summed E-state index contributed by atoms with van der Waals surface area (Å²) in [5, 5.41) is 2.11. The number of hydrogen-bond donors (Lipinski definition) is 1.